The summed E-state index contributed by atoms with van der Waals surface area (Å²) in [5, 5.41) is 11.4. The van der Waals surface area contributed by atoms with Crippen molar-refractivity contribution in [1.82, 2.24) is 5.06 Å². The fraction of sp³-hybridized carbons (Fsp3) is 0.667. The number of rotatable bonds is 0. The van der Waals surface area contributed by atoms with E-state index in [4.69, 9.17) is 0 Å². The molecule has 0 bridgehead atoms. The molecule has 0 aromatic heterocycles. The molecule has 2 nitrogen and oxygen atoms in total. The topological polar surface area (TPSA) is 23.5 Å². The third-order valence-electron chi connectivity index (χ3n) is 4.02. The Kier molecular flexibility index (Phi) is 5.39. The van der Waals surface area contributed by atoms with Crippen molar-refractivity contribution in [3.8, 4) is 0 Å². The van der Waals surface area contributed by atoms with Gasteiger partial charge in [0.25, 0.3) is 0 Å². The van der Waals surface area contributed by atoms with Gasteiger partial charge in [0, 0.05) is 11.1 Å². The van der Waals surface area contributed by atoms with Gasteiger partial charge in [-0.3, -0.25) is 0 Å². The first kappa shape index (κ1) is 17.2. The fourth-order valence-electron chi connectivity index (χ4n) is 3.58. The van der Waals surface area contributed by atoms with E-state index in [9.17, 15) is 5.21 Å². The smallest absolute Gasteiger partial charge is 0.0413 e. The molecule has 0 aliphatic carbocycles. The van der Waals surface area contributed by atoms with Crippen LogP contribution < -0.4 is 0 Å². The Morgan fingerprint density at radius 2 is 1.40 bits per heavy atom. The van der Waals surface area contributed by atoms with E-state index in [1.54, 1.807) is 0 Å². The minimum absolute atomic E-state index is 0.0683. The molecular formula is C18H31NO. The SMILES string of the molecule is CC1CC(C)(C)N(O)C(C)(C)C1.Cc1cccc(C)c1. The first-order valence-corrected chi connectivity index (χ1v) is 7.57. The van der Waals surface area contributed by atoms with Gasteiger partial charge in [-0.05, 0) is 60.3 Å². The number of hydroxylamine groups is 2. The van der Waals surface area contributed by atoms with E-state index in [0.29, 0.717) is 5.92 Å². The second-order valence-electron chi connectivity index (χ2n) is 7.61. The molecule has 0 radical (unpaired) electrons. The van der Waals surface area contributed by atoms with Crippen molar-refractivity contribution in [3.63, 3.8) is 0 Å². The molecule has 1 fully saturated rings. The fourth-order valence-corrected chi connectivity index (χ4v) is 3.58. The zero-order valence-electron chi connectivity index (χ0n) is 14.2. The molecule has 20 heavy (non-hydrogen) atoms. The lowest BCUT2D eigenvalue weighted by atomic mass is 9.76. The summed E-state index contributed by atoms with van der Waals surface area (Å²) in [5.74, 6) is 0.707. The van der Waals surface area contributed by atoms with Gasteiger partial charge < -0.3 is 5.21 Å². The minimum atomic E-state index is -0.0683. The molecular weight excluding hydrogens is 246 g/mol. The molecule has 1 heterocycles. The zero-order chi connectivity index (χ0) is 15.6. The van der Waals surface area contributed by atoms with E-state index in [1.807, 2.05) is 0 Å². The molecule has 0 saturated carbocycles. The molecule has 0 spiro atoms. The summed E-state index contributed by atoms with van der Waals surface area (Å²) in [6.07, 6.45) is 2.15. The van der Waals surface area contributed by atoms with Crippen molar-refractivity contribution >= 4 is 0 Å². The largest absolute Gasteiger partial charge is 0.313 e. The highest BCUT2D eigenvalue weighted by Gasteiger charge is 2.43. The lowest BCUT2D eigenvalue weighted by Crippen LogP contribution is -2.58. The maximum absolute atomic E-state index is 9.92. The molecule has 0 atom stereocenters. The van der Waals surface area contributed by atoms with Gasteiger partial charge in [-0.25, -0.2) is 0 Å². The van der Waals surface area contributed by atoms with Crippen LogP contribution in [-0.2, 0) is 0 Å². The van der Waals surface area contributed by atoms with Gasteiger partial charge in [-0.1, -0.05) is 42.3 Å². The number of aryl methyl sites for hydroxylation is 2. The molecule has 1 saturated heterocycles. The van der Waals surface area contributed by atoms with Crippen LogP contribution in [-0.4, -0.2) is 21.3 Å². The average molecular weight is 277 g/mol. The predicted molar refractivity (Wildman–Crippen MR) is 86.1 cm³/mol. The molecule has 1 N–H and O–H groups in total. The van der Waals surface area contributed by atoms with Gasteiger partial charge in [0.2, 0.25) is 0 Å². The summed E-state index contributed by atoms with van der Waals surface area (Å²) in [4.78, 5) is 0. The van der Waals surface area contributed by atoms with Crippen LogP contribution in [0.4, 0.5) is 0 Å². The average Bonchev–Trinajstić information content (AvgIpc) is 2.25. The number of hydrogen-bond donors (Lipinski definition) is 1. The van der Waals surface area contributed by atoms with Crippen LogP contribution in [0.25, 0.3) is 0 Å². The highest BCUT2D eigenvalue weighted by atomic mass is 16.5. The van der Waals surface area contributed by atoms with Gasteiger partial charge in [0.1, 0.15) is 0 Å². The van der Waals surface area contributed by atoms with Gasteiger partial charge in [-0.2, -0.15) is 5.06 Å². The monoisotopic (exact) mass is 277 g/mol. The number of hydrogen-bond acceptors (Lipinski definition) is 2. The quantitative estimate of drug-likeness (QED) is 0.724. The summed E-state index contributed by atoms with van der Waals surface area (Å²) in [7, 11) is 0. The van der Waals surface area contributed by atoms with Crippen molar-refractivity contribution < 1.29 is 5.21 Å². The van der Waals surface area contributed by atoms with Crippen LogP contribution >= 0.6 is 0 Å². The van der Waals surface area contributed by atoms with Crippen LogP contribution in [0.3, 0.4) is 0 Å². The Morgan fingerprint density at radius 1 is 1.00 bits per heavy atom. The Morgan fingerprint density at radius 3 is 1.70 bits per heavy atom. The Balaban J connectivity index is 0.000000217. The number of nitrogens with zero attached hydrogens (tertiary/aromatic N) is 1. The van der Waals surface area contributed by atoms with Crippen LogP contribution in [0.1, 0.15) is 58.6 Å². The van der Waals surface area contributed by atoms with Gasteiger partial charge in [0.15, 0.2) is 0 Å². The highest BCUT2D eigenvalue weighted by Crippen LogP contribution is 2.39. The van der Waals surface area contributed by atoms with E-state index in [-0.39, 0.29) is 11.1 Å². The van der Waals surface area contributed by atoms with E-state index in [0.717, 1.165) is 12.8 Å². The van der Waals surface area contributed by atoms with Crippen molar-refractivity contribution in [2.75, 3.05) is 0 Å². The third kappa shape index (κ3) is 4.60. The molecule has 2 rings (SSSR count). The normalized spacial score (nSPS) is 22.0. The maximum Gasteiger partial charge on any atom is 0.0413 e. The zero-order valence-corrected chi connectivity index (χ0v) is 14.2. The standard InChI is InChI=1S/C10H21NO.C8H10/c1-8-6-9(2,3)11(12)10(4,5)7-8;1-7-4-3-5-8(2)6-7/h8,12H,6-7H2,1-5H3;3-6H,1-2H3. The summed E-state index contributed by atoms with van der Waals surface area (Å²) < 4.78 is 0. The summed E-state index contributed by atoms with van der Waals surface area (Å²) in [6.45, 7) is 14.9. The van der Waals surface area contributed by atoms with Gasteiger partial charge in [-0.15, -0.1) is 0 Å². The second-order valence-corrected chi connectivity index (χ2v) is 7.61. The van der Waals surface area contributed by atoms with Crippen molar-refractivity contribution in [1.29, 1.82) is 0 Å². The molecule has 114 valence electrons. The second kappa shape index (κ2) is 6.28. The molecule has 1 aromatic carbocycles. The summed E-state index contributed by atoms with van der Waals surface area (Å²) in [5.41, 5.74) is 2.54. The van der Waals surface area contributed by atoms with Crippen LogP contribution in [0.2, 0.25) is 0 Å². The van der Waals surface area contributed by atoms with E-state index >= 15 is 0 Å². The highest BCUT2D eigenvalue weighted by molar-refractivity contribution is 5.20. The number of piperidine rings is 1. The van der Waals surface area contributed by atoms with Gasteiger partial charge in [0.05, 0.1) is 0 Å². The molecule has 1 aliphatic heterocycles. The van der Waals surface area contributed by atoms with Crippen LogP contribution in [0.5, 0.6) is 0 Å². The Bertz CT molecular complexity index is 402. The first-order chi connectivity index (χ1) is 9.04. The Labute approximate surface area is 124 Å². The van der Waals surface area contributed by atoms with Crippen molar-refractivity contribution in [3.05, 3.63) is 35.4 Å². The maximum atomic E-state index is 9.92. The van der Waals surface area contributed by atoms with Crippen molar-refractivity contribution in [2.24, 2.45) is 5.92 Å². The lowest BCUT2D eigenvalue weighted by molar-refractivity contribution is -0.249. The van der Waals surface area contributed by atoms with Gasteiger partial charge >= 0.3 is 0 Å². The lowest BCUT2D eigenvalue weighted by Gasteiger charge is -2.50. The molecule has 2 heteroatoms. The van der Waals surface area contributed by atoms with E-state index < -0.39 is 0 Å². The number of benzene rings is 1. The molecule has 0 unspecified atom stereocenters. The Hall–Kier alpha value is -0.860. The predicted octanol–water partition coefficient (Wildman–Crippen LogP) is 4.97. The molecule has 1 aromatic rings. The molecule has 1 aliphatic rings. The van der Waals surface area contributed by atoms with Crippen LogP contribution in [0, 0.1) is 19.8 Å². The first-order valence-electron chi connectivity index (χ1n) is 7.57. The van der Waals surface area contributed by atoms with E-state index in [1.165, 1.54) is 16.2 Å². The van der Waals surface area contributed by atoms with Crippen LogP contribution in [0.15, 0.2) is 24.3 Å². The van der Waals surface area contributed by atoms with E-state index in [2.05, 4.69) is 72.7 Å². The minimum Gasteiger partial charge on any atom is -0.313 e. The summed E-state index contributed by atoms with van der Waals surface area (Å²) >= 11 is 0. The van der Waals surface area contributed by atoms with Crippen molar-refractivity contribution in [2.45, 2.75) is 72.4 Å². The third-order valence-corrected chi connectivity index (χ3v) is 4.02. The molecule has 0 amide bonds. The summed E-state index contributed by atoms with van der Waals surface area (Å²) in [6, 6.07) is 8.45.